The molecule has 0 amide bonds. The average molecular weight is 725 g/mol. The van der Waals surface area contributed by atoms with Gasteiger partial charge in [0.1, 0.15) is 0 Å². The summed E-state index contributed by atoms with van der Waals surface area (Å²) in [5, 5.41) is 5.12. The van der Waals surface area contributed by atoms with Crippen molar-refractivity contribution in [3.63, 3.8) is 0 Å². The Labute approximate surface area is 332 Å². The summed E-state index contributed by atoms with van der Waals surface area (Å²) in [6, 6.07) is 76.5. The maximum Gasteiger partial charge on any atom is 0.0703 e. The van der Waals surface area contributed by atoms with Crippen LogP contribution in [0, 0.1) is 0 Å². The predicted octanol–water partition coefficient (Wildman–Crippen LogP) is 15.2. The zero-order chi connectivity index (χ0) is 37.7. The summed E-state index contributed by atoms with van der Waals surface area (Å²) in [7, 11) is 0. The lowest BCUT2D eigenvalue weighted by molar-refractivity contribution is 1.23. The highest BCUT2D eigenvalue weighted by Crippen LogP contribution is 2.58. The Morgan fingerprint density at radius 2 is 0.754 bits per heavy atom. The molecule has 1 aliphatic rings. The second-order valence-electron chi connectivity index (χ2n) is 14.7. The molecule has 1 heterocycles. The van der Waals surface area contributed by atoms with E-state index in [1.54, 1.807) is 0 Å². The van der Waals surface area contributed by atoms with Crippen LogP contribution in [0.1, 0.15) is 0 Å². The van der Waals surface area contributed by atoms with E-state index in [0.29, 0.717) is 0 Å². The van der Waals surface area contributed by atoms with E-state index in [2.05, 4.69) is 211 Å². The van der Waals surface area contributed by atoms with Gasteiger partial charge in [-0.2, -0.15) is 0 Å². The first-order valence-corrected chi connectivity index (χ1v) is 19.5. The number of pyridine rings is 1. The first-order valence-electron chi connectivity index (χ1n) is 19.5. The first-order chi connectivity index (χ1) is 28.3. The van der Waals surface area contributed by atoms with Crippen LogP contribution < -0.4 is 4.90 Å². The smallest absolute Gasteiger partial charge is 0.0703 e. The number of nitrogens with zero attached hydrogens (tertiary/aromatic N) is 2. The molecule has 0 radical (unpaired) electrons. The Kier molecular flexibility index (Phi) is 7.86. The highest BCUT2D eigenvalue weighted by Gasteiger charge is 2.31. The summed E-state index contributed by atoms with van der Waals surface area (Å²) in [5.41, 5.74) is 17.9. The molecule has 0 saturated carbocycles. The number of anilines is 3. The highest BCUT2D eigenvalue weighted by molar-refractivity contribution is 6.28. The highest BCUT2D eigenvalue weighted by atomic mass is 15.1. The number of aromatic nitrogens is 1. The van der Waals surface area contributed by atoms with Crippen molar-refractivity contribution in [3.8, 4) is 66.9 Å². The van der Waals surface area contributed by atoms with E-state index in [-0.39, 0.29) is 0 Å². The minimum Gasteiger partial charge on any atom is -0.309 e. The number of para-hydroxylation sites is 1. The summed E-state index contributed by atoms with van der Waals surface area (Å²) >= 11 is 0. The predicted molar refractivity (Wildman–Crippen MR) is 240 cm³/mol. The monoisotopic (exact) mass is 724 g/mol. The quantitative estimate of drug-likeness (QED) is 0.163. The van der Waals surface area contributed by atoms with Crippen molar-refractivity contribution in [3.05, 3.63) is 219 Å². The molecule has 2 heteroatoms. The van der Waals surface area contributed by atoms with Crippen molar-refractivity contribution in [2.45, 2.75) is 0 Å². The normalized spacial score (nSPS) is 11.5. The summed E-state index contributed by atoms with van der Waals surface area (Å²) in [6.45, 7) is 0. The van der Waals surface area contributed by atoms with E-state index in [1.165, 1.54) is 77.2 Å². The Balaban J connectivity index is 1.07. The Bertz CT molecular complexity index is 2970. The van der Waals surface area contributed by atoms with Crippen LogP contribution in [0.15, 0.2) is 219 Å². The minimum atomic E-state index is 0.955. The molecule has 0 bridgehead atoms. The fraction of sp³-hybridized carbons (Fsp3) is 0. The van der Waals surface area contributed by atoms with Crippen molar-refractivity contribution < 1.29 is 0 Å². The Hall–Kier alpha value is -7.55. The number of benzene rings is 9. The molecule has 266 valence electrons. The molecule has 2 nitrogen and oxygen atoms in total. The lowest BCUT2D eigenvalue weighted by Crippen LogP contribution is -2.10. The SMILES string of the molecule is c1ccc(-c2ccc(N(c3ccccc3)c3ccc(-c4ccc5c6c(cccc46)-c4c-5c(-c5ccccc5)c5ccccc5c4-c4ccccc4)cc3)cn2)cc1. The molecule has 9 aromatic carbocycles. The lowest BCUT2D eigenvalue weighted by atomic mass is 9.82. The van der Waals surface area contributed by atoms with Gasteiger partial charge in [-0.05, 0) is 114 Å². The molecule has 57 heavy (non-hydrogen) atoms. The van der Waals surface area contributed by atoms with Crippen LogP contribution in [0.5, 0.6) is 0 Å². The van der Waals surface area contributed by atoms with Crippen LogP contribution in [0.2, 0.25) is 0 Å². The van der Waals surface area contributed by atoms with E-state index in [4.69, 9.17) is 4.98 Å². The van der Waals surface area contributed by atoms with Gasteiger partial charge < -0.3 is 4.90 Å². The molecule has 10 aromatic rings. The first kappa shape index (κ1) is 32.8. The molecule has 1 aromatic heterocycles. The van der Waals surface area contributed by atoms with E-state index < -0.39 is 0 Å². The third-order valence-electron chi connectivity index (χ3n) is 11.4. The number of fused-ring (bicyclic) bond motifs is 4. The van der Waals surface area contributed by atoms with Gasteiger partial charge in [-0.25, -0.2) is 0 Å². The van der Waals surface area contributed by atoms with Crippen molar-refractivity contribution in [1.29, 1.82) is 0 Å². The van der Waals surface area contributed by atoms with Gasteiger partial charge in [0.25, 0.3) is 0 Å². The van der Waals surface area contributed by atoms with E-state index in [9.17, 15) is 0 Å². The maximum atomic E-state index is 4.89. The van der Waals surface area contributed by atoms with Gasteiger partial charge in [-0.1, -0.05) is 176 Å². The van der Waals surface area contributed by atoms with Gasteiger partial charge in [0.2, 0.25) is 0 Å². The van der Waals surface area contributed by atoms with Crippen molar-refractivity contribution in [1.82, 2.24) is 4.98 Å². The Morgan fingerprint density at radius 1 is 0.281 bits per heavy atom. The Morgan fingerprint density at radius 3 is 1.33 bits per heavy atom. The number of rotatable bonds is 7. The van der Waals surface area contributed by atoms with E-state index in [0.717, 1.165) is 28.3 Å². The largest absolute Gasteiger partial charge is 0.309 e. The molecule has 11 rings (SSSR count). The van der Waals surface area contributed by atoms with Crippen LogP contribution in [0.4, 0.5) is 17.1 Å². The summed E-state index contributed by atoms with van der Waals surface area (Å²) in [4.78, 5) is 7.16. The van der Waals surface area contributed by atoms with Crippen molar-refractivity contribution in [2.24, 2.45) is 0 Å². The number of hydrogen-bond acceptors (Lipinski definition) is 2. The molecule has 0 spiro atoms. The average Bonchev–Trinajstić information content (AvgIpc) is 3.62. The van der Waals surface area contributed by atoms with Crippen LogP contribution in [0.3, 0.4) is 0 Å². The van der Waals surface area contributed by atoms with Crippen molar-refractivity contribution >= 4 is 38.6 Å². The van der Waals surface area contributed by atoms with Crippen LogP contribution in [0.25, 0.3) is 88.4 Å². The van der Waals surface area contributed by atoms with Crippen molar-refractivity contribution in [2.75, 3.05) is 4.90 Å². The lowest BCUT2D eigenvalue weighted by Gasteiger charge is -2.25. The fourth-order valence-electron chi connectivity index (χ4n) is 8.97. The van der Waals surface area contributed by atoms with Gasteiger partial charge in [0.05, 0.1) is 17.6 Å². The molecule has 0 saturated heterocycles. The molecule has 0 fully saturated rings. The van der Waals surface area contributed by atoms with Crippen LogP contribution in [-0.2, 0) is 0 Å². The topological polar surface area (TPSA) is 16.1 Å². The van der Waals surface area contributed by atoms with Crippen LogP contribution >= 0.6 is 0 Å². The number of hydrogen-bond donors (Lipinski definition) is 0. The molecule has 0 aliphatic heterocycles. The molecular formula is C55H36N2. The van der Waals surface area contributed by atoms with Gasteiger partial charge in [0, 0.05) is 16.9 Å². The second kappa shape index (κ2) is 13.6. The fourth-order valence-corrected chi connectivity index (χ4v) is 8.97. The minimum absolute atomic E-state index is 0.955. The maximum absolute atomic E-state index is 4.89. The summed E-state index contributed by atoms with van der Waals surface area (Å²) in [5.74, 6) is 0. The zero-order valence-electron chi connectivity index (χ0n) is 31.2. The molecular weight excluding hydrogens is 689 g/mol. The van der Waals surface area contributed by atoms with Crippen LogP contribution in [-0.4, -0.2) is 4.98 Å². The van der Waals surface area contributed by atoms with E-state index >= 15 is 0 Å². The summed E-state index contributed by atoms with van der Waals surface area (Å²) in [6.07, 6.45) is 1.97. The van der Waals surface area contributed by atoms with Gasteiger partial charge in [-0.3, -0.25) is 4.98 Å². The third-order valence-corrected chi connectivity index (χ3v) is 11.4. The standard InChI is InChI=1S/C55H36N2/c1-5-16-38(17-6-1)50-35-32-43(36-56-50)57(41-22-11-4-12-23-41)42-30-28-37(29-31-42)44-33-34-49-53-45(44)26-15-27-48(53)54-51(39-18-7-2-8-19-39)46-24-13-14-25-47(46)52(55(49)54)40-20-9-3-10-21-40/h1-36H. The van der Waals surface area contributed by atoms with Gasteiger partial charge in [0.15, 0.2) is 0 Å². The van der Waals surface area contributed by atoms with Gasteiger partial charge >= 0.3 is 0 Å². The molecule has 0 N–H and O–H groups in total. The zero-order valence-corrected chi connectivity index (χ0v) is 31.2. The second-order valence-corrected chi connectivity index (χ2v) is 14.7. The van der Waals surface area contributed by atoms with Gasteiger partial charge in [-0.15, -0.1) is 0 Å². The molecule has 0 atom stereocenters. The third kappa shape index (κ3) is 5.45. The molecule has 1 aliphatic carbocycles. The van der Waals surface area contributed by atoms with E-state index in [1.807, 2.05) is 12.3 Å². The molecule has 0 unspecified atom stereocenters. The summed E-state index contributed by atoms with van der Waals surface area (Å²) < 4.78 is 0.